The number of rotatable bonds is 4. The summed E-state index contributed by atoms with van der Waals surface area (Å²) in [7, 11) is 0. The van der Waals surface area contributed by atoms with Gasteiger partial charge in [0.15, 0.2) is 0 Å². The van der Waals surface area contributed by atoms with Crippen molar-refractivity contribution in [1.29, 1.82) is 0 Å². The van der Waals surface area contributed by atoms with E-state index in [1.165, 1.54) is 11.1 Å². The molecule has 0 aliphatic heterocycles. The molecular weight excluding hydrogens is 278 g/mol. The number of aryl methyl sites for hydroxylation is 1. The molecule has 2 nitrogen and oxygen atoms in total. The predicted molar refractivity (Wildman–Crippen MR) is 87.4 cm³/mol. The minimum absolute atomic E-state index is 0.0832. The molecule has 0 saturated heterocycles. The maximum Gasteiger partial charge on any atom is 0.233 e. The molecule has 3 heteroatoms. The monoisotopic (exact) mass is 297 g/mol. The van der Waals surface area contributed by atoms with Crippen LogP contribution in [0.25, 0.3) is 0 Å². The van der Waals surface area contributed by atoms with Gasteiger partial charge >= 0.3 is 0 Å². The fourth-order valence-electron chi connectivity index (χ4n) is 2.75. The van der Waals surface area contributed by atoms with Crippen molar-refractivity contribution in [2.24, 2.45) is 0 Å². The first-order valence-electron chi connectivity index (χ1n) is 7.34. The van der Waals surface area contributed by atoms with Gasteiger partial charge in [-0.1, -0.05) is 42.5 Å². The largest absolute Gasteiger partial charge is 0.348 e. The molecule has 2 atom stereocenters. The van der Waals surface area contributed by atoms with Gasteiger partial charge in [0, 0.05) is 4.90 Å². The summed E-state index contributed by atoms with van der Waals surface area (Å²) < 4.78 is 0. The first kappa shape index (κ1) is 14.2. The predicted octanol–water partition coefficient (Wildman–Crippen LogP) is 3.97. The molecular formula is C18H19NOS. The SMILES string of the molecule is C[C@@H](Sc1ccccc1)C(=O)N[C@H]1CCc2ccccc21. The van der Waals surface area contributed by atoms with Crippen molar-refractivity contribution in [3.05, 3.63) is 65.7 Å². The minimum atomic E-state index is -0.0832. The van der Waals surface area contributed by atoms with E-state index >= 15 is 0 Å². The second kappa shape index (κ2) is 6.35. The third-order valence-electron chi connectivity index (χ3n) is 3.87. The molecule has 0 spiro atoms. The number of nitrogens with one attached hydrogen (secondary N) is 1. The van der Waals surface area contributed by atoms with Crippen LogP contribution in [0.4, 0.5) is 0 Å². The van der Waals surface area contributed by atoms with Crippen molar-refractivity contribution >= 4 is 17.7 Å². The molecule has 0 fully saturated rings. The molecule has 0 bridgehead atoms. The van der Waals surface area contributed by atoms with Crippen LogP contribution in [-0.2, 0) is 11.2 Å². The van der Waals surface area contributed by atoms with Crippen LogP contribution in [-0.4, -0.2) is 11.2 Å². The zero-order valence-corrected chi connectivity index (χ0v) is 12.9. The molecule has 0 heterocycles. The number of benzene rings is 2. The van der Waals surface area contributed by atoms with E-state index < -0.39 is 0 Å². The molecule has 2 aromatic rings. The average Bonchev–Trinajstić information content (AvgIpc) is 2.91. The first-order chi connectivity index (χ1) is 10.2. The Morgan fingerprint density at radius 1 is 1.14 bits per heavy atom. The lowest BCUT2D eigenvalue weighted by molar-refractivity contribution is -0.121. The van der Waals surface area contributed by atoms with Gasteiger partial charge in [0.25, 0.3) is 0 Å². The molecule has 108 valence electrons. The summed E-state index contributed by atoms with van der Waals surface area (Å²) in [6.45, 7) is 1.97. The standard InChI is InChI=1S/C18H19NOS/c1-13(21-15-8-3-2-4-9-15)18(20)19-17-12-11-14-7-5-6-10-16(14)17/h2-10,13,17H,11-12H2,1H3,(H,19,20)/t13-,17+/m1/s1. The lowest BCUT2D eigenvalue weighted by atomic mass is 10.1. The summed E-state index contributed by atoms with van der Waals surface area (Å²) in [5.74, 6) is 0.116. The number of fused-ring (bicyclic) bond motifs is 1. The van der Waals surface area contributed by atoms with Crippen molar-refractivity contribution in [2.45, 2.75) is 36.0 Å². The smallest absolute Gasteiger partial charge is 0.233 e. The zero-order chi connectivity index (χ0) is 14.7. The topological polar surface area (TPSA) is 29.1 Å². The van der Waals surface area contributed by atoms with E-state index in [4.69, 9.17) is 0 Å². The van der Waals surface area contributed by atoms with E-state index in [1.807, 2.05) is 43.3 Å². The number of thioether (sulfide) groups is 1. The van der Waals surface area contributed by atoms with Crippen LogP contribution in [0.3, 0.4) is 0 Å². The summed E-state index contributed by atoms with van der Waals surface area (Å²) in [5, 5.41) is 3.11. The molecule has 1 aliphatic rings. The highest BCUT2D eigenvalue weighted by Crippen LogP contribution is 2.31. The van der Waals surface area contributed by atoms with Crippen molar-refractivity contribution in [2.75, 3.05) is 0 Å². The van der Waals surface area contributed by atoms with Crippen LogP contribution in [0.1, 0.15) is 30.5 Å². The number of amides is 1. The van der Waals surface area contributed by atoms with E-state index in [-0.39, 0.29) is 17.2 Å². The van der Waals surface area contributed by atoms with Gasteiger partial charge in [0.05, 0.1) is 11.3 Å². The molecule has 21 heavy (non-hydrogen) atoms. The Morgan fingerprint density at radius 3 is 2.67 bits per heavy atom. The quantitative estimate of drug-likeness (QED) is 0.865. The minimum Gasteiger partial charge on any atom is -0.348 e. The molecule has 3 rings (SSSR count). The van der Waals surface area contributed by atoms with Gasteiger partial charge in [-0.2, -0.15) is 0 Å². The molecule has 0 radical (unpaired) electrons. The Kier molecular flexibility index (Phi) is 4.30. The third-order valence-corrected chi connectivity index (χ3v) is 4.99. The van der Waals surface area contributed by atoms with E-state index in [1.54, 1.807) is 11.8 Å². The van der Waals surface area contributed by atoms with Crippen molar-refractivity contribution in [3.63, 3.8) is 0 Å². The van der Waals surface area contributed by atoms with Crippen LogP contribution < -0.4 is 5.32 Å². The van der Waals surface area contributed by atoms with Crippen LogP contribution in [0.15, 0.2) is 59.5 Å². The molecule has 1 aliphatic carbocycles. The summed E-state index contributed by atoms with van der Waals surface area (Å²) in [5.41, 5.74) is 2.65. The summed E-state index contributed by atoms with van der Waals surface area (Å²) in [4.78, 5) is 13.5. The van der Waals surface area contributed by atoms with Crippen LogP contribution in [0.2, 0.25) is 0 Å². The second-order valence-electron chi connectivity index (χ2n) is 5.37. The number of carbonyl (C=O) groups is 1. The van der Waals surface area contributed by atoms with Crippen molar-refractivity contribution < 1.29 is 4.79 Å². The Hall–Kier alpha value is -1.74. The average molecular weight is 297 g/mol. The lowest BCUT2D eigenvalue weighted by Crippen LogP contribution is -2.33. The van der Waals surface area contributed by atoms with Crippen molar-refractivity contribution in [1.82, 2.24) is 5.32 Å². The highest BCUT2D eigenvalue weighted by molar-refractivity contribution is 8.00. The maximum atomic E-state index is 12.4. The molecule has 1 amide bonds. The molecule has 2 aromatic carbocycles. The van der Waals surface area contributed by atoms with Gasteiger partial charge in [-0.05, 0) is 43.0 Å². The fraction of sp³-hybridized carbons (Fsp3) is 0.278. The van der Waals surface area contributed by atoms with Gasteiger partial charge in [0.2, 0.25) is 5.91 Å². The van der Waals surface area contributed by atoms with E-state index in [0.717, 1.165) is 17.7 Å². The van der Waals surface area contributed by atoms with E-state index in [0.29, 0.717) is 0 Å². The zero-order valence-electron chi connectivity index (χ0n) is 12.1. The van der Waals surface area contributed by atoms with Gasteiger partial charge in [0.1, 0.15) is 0 Å². The normalized spacial score (nSPS) is 18.0. The van der Waals surface area contributed by atoms with Gasteiger partial charge in [-0.3, -0.25) is 4.79 Å². The Bertz CT molecular complexity index is 626. The van der Waals surface area contributed by atoms with Gasteiger partial charge in [-0.15, -0.1) is 11.8 Å². The summed E-state index contributed by atoms with van der Waals surface area (Å²) in [6.07, 6.45) is 2.06. The summed E-state index contributed by atoms with van der Waals surface area (Å²) >= 11 is 1.60. The number of hydrogen-bond donors (Lipinski definition) is 1. The second-order valence-corrected chi connectivity index (χ2v) is 6.79. The first-order valence-corrected chi connectivity index (χ1v) is 8.22. The molecule has 1 N–H and O–H groups in total. The van der Waals surface area contributed by atoms with Gasteiger partial charge in [-0.25, -0.2) is 0 Å². The Labute approximate surface area is 130 Å². The Balaban J connectivity index is 1.62. The van der Waals surface area contributed by atoms with E-state index in [2.05, 4.69) is 23.5 Å². The molecule has 0 aromatic heterocycles. The lowest BCUT2D eigenvalue weighted by Gasteiger charge is -2.17. The Morgan fingerprint density at radius 2 is 1.86 bits per heavy atom. The molecule has 0 unspecified atom stereocenters. The maximum absolute atomic E-state index is 12.4. The highest BCUT2D eigenvalue weighted by Gasteiger charge is 2.25. The van der Waals surface area contributed by atoms with Crippen LogP contribution in [0.5, 0.6) is 0 Å². The van der Waals surface area contributed by atoms with E-state index in [9.17, 15) is 4.79 Å². The number of carbonyl (C=O) groups excluding carboxylic acids is 1. The number of hydrogen-bond acceptors (Lipinski definition) is 2. The fourth-order valence-corrected chi connectivity index (χ4v) is 3.65. The van der Waals surface area contributed by atoms with Crippen molar-refractivity contribution in [3.8, 4) is 0 Å². The summed E-state index contributed by atoms with van der Waals surface area (Å²) in [6, 6.07) is 18.6. The van der Waals surface area contributed by atoms with Gasteiger partial charge < -0.3 is 5.32 Å². The van der Waals surface area contributed by atoms with Crippen LogP contribution in [0, 0.1) is 0 Å². The molecule has 0 saturated carbocycles. The third kappa shape index (κ3) is 3.30. The highest BCUT2D eigenvalue weighted by atomic mass is 32.2. The van der Waals surface area contributed by atoms with Crippen LogP contribution >= 0.6 is 11.8 Å².